The minimum Gasteiger partial charge on any atom is -0.164 e. The number of unbranched alkanes of at least 4 members (excludes halogenated alkanes) is 2. The minimum absolute atomic E-state index is 0.866. The summed E-state index contributed by atoms with van der Waals surface area (Å²) in [4.78, 5) is 0. The summed E-state index contributed by atoms with van der Waals surface area (Å²) >= 11 is 8.23. The van der Waals surface area contributed by atoms with E-state index in [0.717, 1.165) is 15.7 Å². The Kier molecular flexibility index (Phi) is 16.4. The van der Waals surface area contributed by atoms with Crippen LogP contribution >= 0.6 is 47.0 Å². The molecule has 122 valence electrons. The van der Waals surface area contributed by atoms with Gasteiger partial charge in [0, 0.05) is 21.5 Å². The van der Waals surface area contributed by atoms with E-state index < -0.39 is 0 Å². The molecule has 0 aliphatic rings. The molecule has 0 aromatic rings. The molecule has 0 nitrogen and oxygen atoms in total. The van der Waals surface area contributed by atoms with Gasteiger partial charge in [0.05, 0.1) is 0 Å². The van der Waals surface area contributed by atoms with Crippen molar-refractivity contribution in [3.05, 3.63) is 0 Å². The highest BCUT2D eigenvalue weighted by Crippen LogP contribution is 2.30. The van der Waals surface area contributed by atoms with Crippen molar-refractivity contribution in [3.63, 3.8) is 0 Å². The van der Waals surface area contributed by atoms with Crippen LogP contribution in [0.3, 0.4) is 0 Å². The summed E-state index contributed by atoms with van der Waals surface area (Å²) in [7, 11) is 0. The SMILES string of the molecule is CCCCC(SC)C(CCCCC(CSC)SC)SC. The van der Waals surface area contributed by atoms with E-state index in [1.165, 1.54) is 50.7 Å². The van der Waals surface area contributed by atoms with Crippen LogP contribution in [0.25, 0.3) is 0 Å². The molecule has 0 N–H and O–H groups in total. The van der Waals surface area contributed by atoms with E-state index in [4.69, 9.17) is 0 Å². The van der Waals surface area contributed by atoms with Gasteiger partial charge in [0.25, 0.3) is 0 Å². The molecule has 20 heavy (non-hydrogen) atoms. The molecular weight excluding hydrogens is 320 g/mol. The van der Waals surface area contributed by atoms with E-state index in [0.29, 0.717) is 0 Å². The molecule has 3 unspecified atom stereocenters. The van der Waals surface area contributed by atoms with E-state index >= 15 is 0 Å². The van der Waals surface area contributed by atoms with Crippen LogP contribution in [-0.4, -0.2) is 46.5 Å². The summed E-state index contributed by atoms with van der Waals surface area (Å²) in [5.41, 5.74) is 0. The predicted molar refractivity (Wildman–Crippen MR) is 108 cm³/mol. The topological polar surface area (TPSA) is 0 Å². The second-order valence-electron chi connectivity index (χ2n) is 5.29. The summed E-state index contributed by atoms with van der Waals surface area (Å²) in [6, 6.07) is 0. The maximum Gasteiger partial charge on any atom is 0.0163 e. The van der Waals surface area contributed by atoms with Crippen molar-refractivity contribution < 1.29 is 0 Å². The lowest BCUT2D eigenvalue weighted by atomic mass is 10.1. The molecule has 0 saturated heterocycles. The smallest absolute Gasteiger partial charge is 0.0163 e. The van der Waals surface area contributed by atoms with Gasteiger partial charge in [-0.25, -0.2) is 0 Å². The maximum absolute atomic E-state index is 2.31. The molecule has 0 bridgehead atoms. The lowest BCUT2D eigenvalue weighted by Gasteiger charge is -2.24. The normalized spacial score (nSPS) is 16.1. The highest BCUT2D eigenvalue weighted by atomic mass is 32.2. The first-order valence-corrected chi connectivity index (χ1v) is 13.1. The Morgan fingerprint density at radius 1 is 0.700 bits per heavy atom. The van der Waals surface area contributed by atoms with Gasteiger partial charge < -0.3 is 0 Å². The van der Waals surface area contributed by atoms with Gasteiger partial charge >= 0.3 is 0 Å². The molecule has 0 aromatic heterocycles. The van der Waals surface area contributed by atoms with Gasteiger partial charge in [-0.05, 0) is 44.3 Å². The number of thioether (sulfide) groups is 4. The number of rotatable bonds is 14. The fourth-order valence-electron chi connectivity index (χ4n) is 2.49. The monoisotopic (exact) mass is 354 g/mol. The van der Waals surface area contributed by atoms with Crippen LogP contribution in [0.15, 0.2) is 0 Å². The summed E-state index contributed by atoms with van der Waals surface area (Å²) in [6.07, 6.45) is 18.9. The average Bonchev–Trinajstić information content (AvgIpc) is 2.48. The van der Waals surface area contributed by atoms with E-state index in [1.807, 2.05) is 11.8 Å². The second kappa shape index (κ2) is 15.3. The Hall–Kier alpha value is 1.40. The fraction of sp³-hybridized carbons (Fsp3) is 1.00. The highest BCUT2D eigenvalue weighted by molar-refractivity contribution is 8.03. The minimum atomic E-state index is 0.866. The summed E-state index contributed by atoms with van der Waals surface area (Å²) in [5, 5.41) is 2.60. The van der Waals surface area contributed by atoms with Crippen molar-refractivity contribution in [1.82, 2.24) is 0 Å². The summed E-state index contributed by atoms with van der Waals surface area (Å²) in [6.45, 7) is 2.31. The molecule has 3 atom stereocenters. The summed E-state index contributed by atoms with van der Waals surface area (Å²) < 4.78 is 0. The van der Waals surface area contributed by atoms with Gasteiger partial charge in [-0.2, -0.15) is 47.0 Å². The van der Waals surface area contributed by atoms with Gasteiger partial charge in [0.1, 0.15) is 0 Å². The molecule has 0 spiro atoms. The molecule has 0 fully saturated rings. The number of hydrogen-bond acceptors (Lipinski definition) is 4. The first-order valence-electron chi connectivity index (χ1n) is 7.80. The maximum atomic E-state index is 2.31. The van der Waals surface area contributed by atoms with Gasteiger partial charge in [-0.15, -0.1) is 0 Å². The Bertz CT molecular complexity index is 199. The van der Waals surface area contributed by atoms with E-state index in [-0.39, 0.29) is 0 Å². The Morgan fingerprint density at radius 3 is 1.70 bits per heavy atom. The Morgan fingerprint density at radius 2 is 1.25 bits per heavy atom. The predicted octanol–water partition coefficient (Wildman–Crippen LogP) is 6.29. The van der Waals surface area contributed by atoms with Crippen molar-refractivity contribution >= 4 is 47.0 Å². The molecule has 4 heteroatoms. The molecule has 0 saturated carbocycles. The Balaban J connectivity index is 3.92. The van der Waals surface area contributed by atoms with Crippen molar-refractivity contribution in [3.8, 4) is 0 Å². The van der Waals surface area contributed by atoms with Crippen LogP contribution in [0.4, 0.5) is 0 Å². The van der Waals surface area contributed by atoms with Crippen LogP contribution in [-0.2, 0) is 0 Å². The second-order valence-corrected chi connectivity index (χ2v) is 9.49. The van der Waals surface area contributed by atoms with Gasteiger partial charge in [0.15, 0.2) is 0 Å². The van der Waals surface area contributed by atoms with Crippen molar-refractivity contribution in [2.75, 3.05) is 30.8 Å². The summed E-state index contributed by atoms with van der Waals surface area (Å²) in [5.74, 6) is 1.32. The standard InChI is InChI=1S/C16H34S4/c1-6-7-11-15(19-4)16(20-5)12-9-8-10-14(18-3)13-17-2/h14-16H,6-13H2,1-5H3. The first-order chi connectivity index (χ1) is 9.73. The zero-order valence-corrected chi connectivity index (χ0v) is 17.3. The van der Waals surface area contributed by atoms with Gasteiger partial charge in [-0.1, -0.05) is 32.6 Å². The largest absolute Gasteiger partial charge is 0.164 e. The zero-order chi connectivity index (χ0) is 15.2. The first kappa shape index (κ1) is 21.4. The van der Waals surface area contributed by atoms with E-state index in [9.17, 15) is 0 Å². The van der Waals surface area contributed by atoms with E-state index in [2.05, 4.69) is 67.2 Å². The van der Waals surface area contributed by atoms with Crippen molar-refractivity contribution in [1.29, 1.82) is 0 Å². The molecule has 0 aromatic carbocycles. The van der Waals surface area contributed by atoms with Crippen molar-refractivity contribution in [2.45, 2.75) is 67.6 Å². The quantitative estimate of drug-likeness (QED) is 0.336. The third kappa shape index (κ3) is 10.2. The number of hydrogen-bond donors (Lipinski definition) is 0. The van der Waals surface area contributed by atoms with Gasteiger partial charge in [-0.3, -0.25) is 0 Å². The average molecular weight is 355 g/mol. The lowest BCUT2D eigenvalue weighted by molar-refractivity contribution is 0.586. The van der Waals surface area contributed by atoms with E-state index in [1.54, 1.807) is 0 Å². The van der Waals surface area contributed by atoms with Crippen LogP contribution in [0.5, 0.6) is 0 Å². The molecule has 0 rings (SSSR count). The van der Waals surface area contributed by atoms with Crippen LogP contribution in [0.1, 0.15) is 51.9 Å². The molecule has 0 amide bonds. The van der Waals surface area contributed by atoms with Gasteiger partial charge in [0.2, 0.25) is 0 Å². The third-order valence-electron chi connectivity index (χ3n) is 3.81. The fourth-order valence-corrected chi connectivity index (χ4v) is 6.73. The lowest BCUT2D eigenvalue weighted by Crippen LogP contribution is -2.20. The van der Waals surface area contributed by atoms with Crippen LogP contribution in [0, 0.1) is 0 Å². The van der Waals surface area contributed by atoms with Crippen LogP contribution < -0.4 is 0 Å². The van der Waals surface area contributed by atoms with Crippen LogP contribution in [0.2, 0.25) is 0 Å². The van der Waals surface area contributed by atoms with Crippen molar-refractivity contribution in [2.24, 2.45) is 0 Å². The molecule has 0 heterocycles. The molecule has 0 aliphatic heterocycles. The highest BCUT2D eigenvalue weighted by Gasteiger charge is 2.19. The molecular formula is C16H34S4. The molecule has 0 radical (unpaired) electrons. The third-order valence-corrected chi connectivity index (χ3v) is 8.34. The molecule has 0 aliphatic carbocycles. The zero-order valence-electron chi connectivity index (χ0n) is 14.0. The Labute approximate surface area is 145 Å².